The first-order valence-electron chi connectivity index (χ1n) is 15.7. The quantitative estimate of drug-likeness (QED) is 0.257. The number of carbonyl (C=O) groups is 2. The maximum absolute atomic E-state index is 11.1. The van der Waals surface area contributed by atoms with Crippen LogP contribution in [0.3, 0.4) is 0 Å². The molecule has 0 atom stereocenters. The molecule has 0 amide bonds. The molecule has 2 aromatic rings. The van der Waals surface area contributed by atoms with E-state index in [2.05, 4.69) is 69.2 Å². The zero-order valence-electron chi connectivity index (χ0n) is 29.8. The van der Waals surface area contributed by atoms with Gasteiger partial charge >= 0.3 is 11.9 Å². The summed E-state index contributed by atoms with van der Waals surface area (Å²) >= 11 is 0. The van der Waals surface area contributed by atoms with E-state index >= 15 is 0 Å². The molecule has 10 nitrogen and oxygen atoms in total. The minimum atomic E-state index is -1.03. The van der Waals surface area contributed by atoms with E-state index in [0.717, 1.165) is 36.3 Å². The van der Waals surface area contributed by atoms with Crippen molar-refractivity contribution in [3.05, 3.63) is 59.7 Å². The molecule has 10 heteroatoms. The molecule has 0 unspecified atom stereocenters. The first kappa shape index (κ1) is 44.1. The van der Waals surface area contributed by atoms with Crippen LogP contribution >= 0.6 is 0 Å². The molecular formula is C36H58N2O8. The number of hydrogen-bond donors (Lipinski definition) is 4. The minimum Gasteiger partial charge on any atom is -0.870 e. The van der Waals surface area contributed by atoms with Crippen LogP contribution in [0.5, 0.6) is 23.0 Å². The Morgan fingerprint density at radius 1 is 0.652 bits per heavy atom. The van der Waals surface area contributed by atoms with E-state index in [9.17, 15) is 19.8 Å². The molecule has 4 N–H and O–H groups in total. The van der Waals surface area contributed by atoms with Crippen molar-refractivity contribution in [2.75, 3.05) is 27.3 Å². The first-order valence-corrected chi connectivity index (χ1v) is 15.7. The van der Waals surface area contributed by atoms with Gasteiger partial charge < -0.3 is 39.7 Å². The maximum atomic E-state index is 11.1. The number of ether oxygens (including phenoxy) is 2. The highest BCUT2D eigenvalue weighted by Gasteiger charge is 2.13. The Morgan fingerprint density at radius 3 is 1.11 bits per heavy atom. The van der Waals surface area contributed by atoms with Crippen LogP contribution in [0.15, 0.2) is 48.6 Å². The molecular weight excluding hydrogens is 588 g/mol. The number of carboxylic acid groups (broad SMARTS) is 2. The van der Waals surface area contributed by atoms with Gasteiger partial charge in [0.25, 0.3) is 0 Å². The Labute approximate surface area is 276 Å². The second-order valence-electron chi connectivity index (χ2n) is 11.6. The molecule has 2 aromatic carbocycles. The Hall–Kier alpha value is -4.02. The number of benzene rings is 2. The molecule has 0 radical (unpaired) electrons. The summed E-state index contributed by atoms with van der Waals surface area (Å²) in [4.78, 5) is 23.8. The van der Waals surface area contributed by atoms with Gasteiger partial charge in [-0.2, -0.15) is 0 Å². The van der Waals surface area contributed by atoms with E-state index in [0.29, 0.717) is 11.1 Å². The average molecular weight is 647 g/mol. The molecule has 0 heterocycles. The standard InChI is InChI=1S/2C10H10O4.2C8H19N/c2*1-14-9-6-7(2-4-8(9)11)3-5-10(12)13;2*1-6-9(7(2)3)8(4)5/h2*2-6,11H,1H3,(H,12,13);2*7-8H,6H2,1-5H3/b2*5-3+;;. The van der Waals surface area contributed by atoms with Crippen LogP contribution in [-0.4, -0.2) is 73.6 Å². The molecule has 0 fully saturated rings. The third-order valence-corrected chi connectivity index (χ3v) is 6.99. The van der Waals surface area contributed by atoms with Crippen molar-refractivity contribution in [2.45, 2.75) is 93.4 Å². The molecule has 0 saturated heterocycles. The summed E-state index contributed by atoms with van der Waals surface area (Å²) in [6.45, 7) is 25.2. The number of methoxy groups -OCH3 is 2. The number of carboxylic acids is 2. The average Bonchev–Trinajstić information content (AvgIpc) is 2.97. The lowest BCUT2D eigenvalue weighted by Crippen LogP contribution is -3.17. The third kappa shape index (κ3) is 19.4. The van der Waals surface area contributed by atoms with Crippen molar-refractivity contribution in [1.82, 2.24) is 0 Å². The summed E-state index contributed by atoms with van der Waals surface area (Å²) in [6.07, 6.45) is 4.78. The van der Waals surface area contributed by atoms with Crippen molar-refractivity contribution in [2.24, 2.45) is 0 Å². The van der Waals surface area contributed by atoms with Gasteiger partial charge in [0.15, 0.2) is 0 Å². The topological polar surface area (TPSA) is 148 Å². The van der Waals surface area contributed by atoms with Crippen molar-refractivity contribution in [1.29, 1.82) is 0 Å². The summed E-state index contributed by atoms with van der Waals surface area (Å²) in [5, 5.41) is 38.9. The number of nitrogens with one attached hydrogen (secondary N) is 2. The fourth-order valence-electron chi connectivity index (χ4n) is 4.88. The lowest BCUT2D eigenvalue weighted by Gasteiger charge is -2.25. The Kier molecular flexibility index (Phi) is 23.2. The van der Waals surface area contributed by atoms with Gasteiger partial charge in [-0.25, -0.2) is 9.59 Å². The SMILES string of the molecule is CC[NH+](C(C)C)C(C)C.CC[NH+](C(C)C)C(C)C.COc1cc(/C=C/C(=O)O)ccc1[O-].COc1cc(/C=C/C(=O)O)ccc1[O-]. The monoisotopic (exact) mass is 646 g/mol. The van der Waals surface area contributed by atoms with E-state index in [-0.39, 0.29) is 23.0 Å². The van der Waals surface area contributed by atoms with Gasteiger partial charge in [0, 0.05) is 12.2 Å². The molecule has 0 spiro atoms. The summed E-state index contributed by atoms with van der Waals surface area (Å²) < 4.78 is 9.60. The van der Waals surface area contributed by atoms with E-state index in [1.54, 1.807) is 9.80 Å². The largest absolute Gasteiger partial charge is 0.870 e. The molecule has 0 aromatic heterocycles. The second-order valence-corrected chi connectivity index (χ2v) is 11.6. The zero-order chi connectivity index (χ0) is 36.0. The van der Waals surface area contributed by atoms with Crippen LogP contribution < -0.4 is 29.5 Å². The van der Waals surface area contributed by atoms with Crippen LogP contribution in [0, 0.1) is 0 Å². The molecule has 260 valence electrons. The van der Waals surface area contributed by atoms with Crippen LogP contribution in [0.1, 0.15) is 80.4 Å². The van der Waals surface area contributed by atoms with Gasteiger partial charge in [0.05, 0.1) is 51.5 Å². The van der Waals surface area contributed by atoms with E-state index in [1.165, 1.54) is 75.9 Å². The Balaban J connectivity index is 0. The molecule has 46 heavy (non-hydrogen) atoms. The van der Waals surface area contributed by atoms with Gasteiger partial charge in [0.2, 0.25) is 0 Å². The fraction of sp³-hybridized carbons (Fsp3) is 0.500. The van der Waals surface area contributed by atoms with Gasteiger partial charge in [-0.05, 0) is 105 Å². The first-order chi connectivity index (χ1) is 21.4. The van der Waals surface area contributed by atoms with E-state index in [4.69, 9.17) is 19.7 Å². The van der Waals surface area contributed by atoms with Gasteiger partial charge in [0.1, 0.15) is 11.5 Å². The highest BCUT2D eigenvalue weighted by molar-refractivity contribution is 5.85. The second kappa shape index (κ2) is 24.2. The number of quaternary nitrogens is 2. The highest BCUT2D eigenvalue weighted by atomic mass is 16.5. The van der Waals surface area contributed by atoms with E-state index < -0.39 is 11.9 Å². The number of rotatable bonds is 12. The predicted molar refractivity (Wildman–Crippen MR) is 182 cm³/mol. The van der Waals surface area contributed by atoms with Crippen molar-refractivity contribution in [3.8, 4) is 23.0 Å². The lowest BCUT2D eigenvalue weighted by atomic mass is 10.2. The normalized spacial score (nSPS) is 11.0. The maximum Gasteiger partial charge on any atom is 0.328 e. The summed E-state index contributed by atoms with van der Waals surface area (Å²) in [5.41, 5.74) is 1.23. The molecule has 0 aliphatic rings. The molecule has 0 saturated carbocycles. The van der Waals surface area contributed by atoms with Gasteiger partial charge in [-0.15, -0.1) is 0 Å². The van der Waals surface area contributed by atoms with Crippen LogP contribution in [-0.2, 0) is 9.59 Å². The van der Waals surface area contributed by atoms with Gasteiger partial charge in [-0.1, -0.05) is 35.8 Å². The Bertz CT molecular complexity index is 1100. The number of hydrogen-bond acceptors (Lipinski definition) is 6. The summed E-state index contributed by atoms with van der Waals surface area (Å²) in [6, 6.07) is 11.8. The van der Waals surface area contributed by atoms with Crippen molar-refractivity contribution < 1.29 is 49.3 Å². The van der Waals surface area contributed by atoms with Crippen LogP contribution in [0.4, 0.5) is 0 Å². The third-order valence-electron chi connectivity index (χ3n) is 6.99. The number of aliphatic carboxylic acids is 2. The molecule has 0 aliphatic carbocycles. The summed E-state index contributed by atoms with van der Waals surface area (Å²) in [5.74, 6) is -2.10. The molecule has 0 bridgehead atoms. The van der Waals surface area contributed by atoms with Gasteiger partial charge in [-0.3, -0.25) is 0 Å². The lowest BCUT2D eigenvalue weighted by molar-refractivity contribution is -0.940. The highest BCUT2D eigenvalue weighted by Crippen LogP contribution is 2.25. The minimum absolute atomic E-state index is 0.206. The molecule has 2 rings (SSSR count). The van der Waals surface area contributed by atoms with Crippen molar-refractivity contribution in [3.63, 3.8) is 0 Å². The summed E-state index contributed by atoms with van der Waals surface area (Å²) in [7, 11) is 2.78. The molecule has 0 aliphatic heterocycles. The smallest absolute Gasteiger partial charge is 0.328 e. The van der Waals surface area contributed by atoms with Crippen LogP contribution in [0.25, 0.3) is 12.2 Å². The fourth-order valence-corrected chi connectivity index (χ4v) is 4.88. The Morgan fingerprint density at radius 2 is 0.935 bits per heavy atom. The predicted octanol–water partition coefficient (Wildman–Crippen LogP) is 3.15. The zero-order valence-corrected chi connectivity index (χ0v) is 29.8. The van der Waals surface area contributed by atoms with E-state index in [1.807, 2.05) is 0 Å². The van der Waals surface area contributed by atoms with Crippen molar-refractivity contribution >= 4 is 24.1 Å². The van der Waals surface area contributed by atoms with Crippen LogP contribution in [0.2, 0.25) is 0 Å².